The zero-order valence-electron chi connectivity index (χ0n) is 9.90. The molecule has 0 aromatic heterocycles. The van der Waals surface area contributed by atoms with Gasteiger partial charge in [0.05, 0.1) is 0 Å². The second kappa shape index (κ2) is 5.47. The van der Waals surface area contributed by atoms with Crippen molar-refractivity contribution in [3.05, 3.63) is 29.6 Å². The molecular weight excluding hydrogens is 219 g/mol. The van der Waals surface area contributed by atoms with Gasteiger partial charge >= 0.3 is 0 Å². The molecule has 0 saturated carbocycles. The third kappa shape index (κ3) is 2.96. The second-order valence-corrected chi connectivity index (χ2v) is 4.64. The van der Waals surface area contributed by atoms with E-state index in [1.54, 1.807) is 6.07 Å². The van der Waals surface area contributed by atoms with E-state index < -0.39 is 5.82 Å². The van der Waals surface area contributed by atoms with E-state index in [1.165, 1.54) is 25.0 Å². The first kappa shape index (κ1) is 12.3. The molecule has 2 rings (SSSR count). The lowest BCUT2D eigenvalue weighted by Crippen LogP contribution is -2.43. The third-order valence-electron chi connectivity index (χ3n) is 3.42. The maximum Gasteiger partial charge on any atom is 0.165 e. The minimum Gasteiger partial charge on any atom is -0.505 e. The molecule has 1 saturated heterocycles. The maximum absolute atomic E-state index is 13.2. The summed E-state index contributed by atoms with van der Waals surface area (Å²) in [5.74, 6) is -0.841. The number of benzene rings is 1. The number of phenols is 1. The highest BCUT2D eigenvalue weighted by molar-refractivity contribution is 5.28. The van der Waals surface area contributed by atoms with Crippen LogP contribution in [0.15, 0.2) is 18.2 Å². The first-order valence-corrected chi connectivity index (χ1v) is 6.12. The number of aromatic hydroxyl groups is 1. The van der Waals surface area contributed by atoms with E-state index in [4.69, 9.17) is 10.8 Å². The molecule has 1 fully saturated rings. The van der Waals surface area contributed by atoms with Crippen LogP contribution in [0, 0.1) is 5.82 Å². The topological polar surface area (TPSA) is 49.5 Å². The van der Waals surface area contributed by atoms with Gasteiger partial charge in [0.2, 0.25) is 0 Å². The molecule has 0 amide bonds. The number of phenolic OH excluding ortho intramolecular Hbond substituents is 1. The van der Waals surface area contributed by atoms with Crippen molar-refractivity contribution < 1.29 is 9.50 Å². The van der Waals surface area contributed by atoms with Crippen molar-refractivity contribution in [3.8, 4) is 5.75 Å². The SMILES string of the molecule is NCC1CCCCN1Cc1ccc(O)c(F)c1. The number of nitrogens with two attached hydrogens (primary N) is 1. The predicted molar refractivity (Wildman–Crippen MR) is 65.2 cm³/mol. The Morgan fingerprint density at radius 1 is 1.41 bits per heavy atom. The molecule has 0 bridgehead atoms. The molecule has 4 heteroatoms. The molecule has 0 radical (unpaired) electrons. The van der Waals surface area contributed by atoms with Gasteiger partial charge in [-0.1, -0.05) is 12.5 Å². The van der Waals surface area contributed by atoms with E-state index >= 15 is 0 Å². The average molecular weight is 238 g/mol. The highest BCUT2D eigenvalue weighted by Gasteiger charge is 2.21. The minimum absolute atomic E-state index is 0.289. The first-order valence-electron chi connectivity index (χ1n) is 6.12. The molecule has 3 nitrogen and oxygen atoms in total. The highest BCUT2D eigenvalue weighted by Crippen LogP contribution is 2.21. The molecule has 1 heterocycles. The monoisotopic (exact) mass is 238 g/mol. The van der Waals surface area contributed by atoms with Crippen molar-refractivity contribution in [1.82, 2.24) is 4.90 Å². The predicted octanol–water partition coefficient (Wildman–Crippen LogP) is 1.84. The van der Waals surface area contributed by atoms with Crippen molar-refractivity contribution in [2.75, 3.05) is 13.1 Å². The summed E-state index contributed by atoms with van der Waals surface area (Å²) >= 11 is 0. The molecule has 0 spiro atoms. The maximum atomic E-state index is 13.2. The Balaban J connectivity index is 2.05. The summed E-state index contributed by atoms with van der Waals surface area (Å²) in [5.41, 5.74) is 6.64. The van der Waals surface area contributed by atoms with Gasteiger partial charge in [-0.25, -0.2) is 4.39 Å². The van der Waals surface area contributed by atoms with Crippen molar-refractivity contribution in [2.24, 2.45) is 5.73 Å². The Bertz CT molecular complexity index is 384. The highest BCUT2D eigenvalue weighted by atomic mass is 19.1. The van der Waals surface area contributed by atoms with Gasteiger partial charge in [0, 0.05) is 19.1 Å². The normalized spacial score (nSPS) is 21.6. The Kier molecular flexibility index (Phi) is 3.97. The molecule has 17 heavy (non-hydrogen) atoms. The third-order valence-corrected chi connectivity index (χ3v) is 3.42. The second-order valence-electron chi connectivity index (χ2n) is 4.64. The number of nitrogens with zero attached hydrogens (tertiary/aromatic N) is 1. The van der Waals surface area contributed by atoms with Gasteiger partial charge in [0.25, 0.3) is 0 Å². The van der Waals surface area contributed by atoms with Crippen LogP contribution >= 0.6 is 0 Å². The number of likely N-dealkylation sites (tertiary alicyclic amines) is 1. The molecule has 1 aliphatic heterocycles. The number of halogens is 1. The Hall–Kier alpha value is -1.13. The molecule has 1 aromatic rings. The van der Waals surface area contributed by atoms with Crippen molar-refractivity contribution in [2.45, 2.75) is 31.8 Å². The zero-order valence-corrected chi connectivity index (χ0v) is 9.90. The lowest BCUT2D eigenvalue weighted by atomic mass is 10.0. The number of hydrogen-bond donors (Lipinski definition) is 2. The smallest absolute Gasteiger partial charge is 0.165 e. The molecule has 1 atom stereocenters. The standard InChI is InChI=1S/C13H19FN2O/c14-12-7-10(4-5-13(12)17)9-16-6-2-1-3-11(16)8-15/h4-5,7,11,17H,1-3,6,8-9,15H2. The van der Waals surface area contributed by atoms with E-state index in [2.05, 4.69) is 4.90 Å². The number of piperidine rings is 1. The average Bonchev–Trinajstić information content (AvgIpc) is 2.34. The number of hydrogen-bond acceptors (Lipinski definition) is 3. The van der Waals surface area contributed by atoms with E-state index in [1.807, 2.05) is 0 Å². The minimum atomic E-state index is -0.552. The molecule has 1 unspecified atom stereocenters. The molecule has 1 aromatic carbocycles. The van der Waals surface area contributed by atoms with Gasteiger partial charge in [-0.05, 0) is 37.1 Å². The molecule has 0 aliphatic carbocycles. The van der Waals surface area contributed by atoms with Crippen LogP contribution in [0.1, 0.15) is 24.8 Å². The molecular formula is C13H19FN2O. The first-order chi connectivity index (χ1) is 8.20. The van der Waals surface area contributed by atoms with Crippen LogP contribution in [0.25, 0.3) is 0 Å². The van der Waals surface area contributed by atoms with Crippen LogP contribution in [-0.4, -0.2) is 29.1 Å². The van der Waals surface area contributed by atoms with Gasteiger partial charge in [-0.3, -0.25) is 4.90 Å². The summed E-state index contributed by atoms with van der Waals surface area (Å²) in [4.78, 5) is 2.30. The van der Waals surface area contributed by atoms with Crippen LogP contribution in [-0.2, 0) is 6.54 Å². The van der Waals surface area contributed by atoms with E-state index in [9.17, 15) is 4.39 Å². The largest absolute Gasteiger partial charge is 0.505 e. The van der Waals surface area contributed by atoms with E-state index in [0.717, 1.165) is 18.5 Å². The van der Waals surface area contributed by atoms with Gasteiger partial charge in [0.15, 0.2) is 11.6 Å². The summed E-state index contributed by atoms with van der Waals surface area (Å²) in [5, 5.41) is 9.14. The van der Waals surface area contributed by atoms with Crippen molar-refractivity contribution in [1.29, 1.82) is 0 Å². The van der Waals surface area contributed by atoms with Crippen molar-refractivity contribution >= 4 is 0 Å². The fourth-order valence-corrected chi connectivity index (χ4v) is 2.42. The van der Waals surface area contributed by atoms with Crippen LogP contribution in [0.3, 0.4) is 0 Å². The lowest BCUT2D eigenvalue weighted by Gasteiger charge is -2.35. The Labute approximate surface area is 101 Å². The lowest BCUT2D eigenvalue weighted by molar-refractivity contribution is 0.144. The Morgan fingerprint density at radius 3 is 2.94 bits per heavy atom. The summed E-state index contributed by atoms with van der Waals surface area (Å²) in [6, 6.07) is 4.98. The fourth-order valence-electron chi connectivity index (χ4n) is 2.42. The van der Waals surface area contributed by atoms with Gasteiger partial charge in [0.1, 0.15) is 0 Å². The van der Waals surface area contributed by atoms with Gasteiger partial charge in [-0.2, -0.15) is 0 Å². The molecule has 3 N–H and O–H groups in total. The van der Waals surface area contributed by atoms with E-state index in [-0.39, 0.29) is 5.75 Å². The fraction of sp³-hybridized carbons (Fsp3) is 0.538. The van der Waals surface area contributed by atoms with Crippen molar-refractivity contribution in [3.63, 3.8) is 0 Å². The van der Waals surface area contributed by atoms with Gasteiger partial charge < -0.3 is 10.8 Å². The number of rotatable bonds is 3. The molecule has 1 aliphatic rings. The summed E-state index contributed by atoms with van der Waals surface area (Å²) < 4.78 is 13.2. The zero-order chi connectivity index (χ0) is 12.3. The summed E-state index contributed by atoms with van der Waals surface area (Å²) in [6.45, 7) is 2.38. The van der Waals surface area contributed by atoms with Gasteiger partial charge in [-0.15, -0.1) is 0 Å². The van der Waals surface area contributed by atoms with E-state index in [0.29, 0.717) is 19.1 Å². The quantitative estimate of drug-likeness (QED) is 0.845. The van der Waals surface area contributed by atoms with Crippen LogP contribution in [0.4, 0.5) is 4.39 Å². The van der Waals surface area contributed by atoms with Crippen LogP contribution in [0.2, 0.25) is 0 Å². The van der Waals surface area contributed by atoms with Crippen LogP contribution in [0.5, 0.6) is 5.75 Å². The Morgan fingerprint density at radius 2 is 2.24 bits per heavy atom. The van der Waals surface area contributed by atoms with Crippen LogP contribution < -0.4 is 5.73 Å². The summed E-state index contributed by atoms with van der Waals surface area (Å²) in [7, 11) is 0. The summed E-state index contributed by atoms with van der Waals surface area (Å²) in [6.07, 6.45) is 3.52. The molecule has 94 valence electrons.